The zero-order chi connectivity index (χ0) is 35.9. The predicted octanol–water partition coefficient (Wildman–Crippen LogP) is 11.9. The minimum absolute atomic E-state index is 0. The van der Waals surface area contributed by atoms with E-state index < -0.39 is 0 Å². The van der Waals surface area contributed by atoms with Gasteiger partial charge in [0.05, 0.1) is 12.0 Å². The smallest absolute Gasteiger partial charge is 0.162 e. The molecule has 4 nitrogen and oxygen atoms in total. The van der Waals surface area contributed by atoms with Crippen molar-refractivity contribution in [3.8, 4) is 22.4 Å². The number of pyridine rings is 2. The molecule has 0 saturated carbocycles. The third-order valence-corrected chi connectivity index (χ3v) is 10.4. The fourth-order valence-electron chi connectivity index (χ4n) is 6.44. The van der Waals surface area contributed by atoms with E-state index in [0.717, 1.165) is 53.6 Å². The van der Waals surface area contributed by atoms with Crippen molar-refractivity contribution in [1.29, 1.82) is 0 Å². The van der Waals surface area contributed by atoms with Gasteiger partial charge in [0.2, 0.25) is 0 Å². The summed E-state index contributed by atoms with van der Waals surface area (Å²) in [4.78, 5) is 18.9. The fourth-order valence-corrected chi connectivity index (χ4v) is 7.68. The van der Waals surface area contributed by atoms with Crippen LogP contribution in [0, 0.1) is 30.9 Å². The number of hydrogen-bond donors (Lipinski definition) is 1. The second-order valence-electron chi connectivity index (χ2n) is 14.5. The predicted molar refractivity (Wildman–Crippen MR) is 209 cm³/mol. The van der Waals surface area contributed by atoms with Gasteiger partial charge in [-0.25, -0.2) is 4.98 Å². The van der Waals surface area contributed by atoms with Crippen molar-refractivity contribution in [2.24, 2.45) is 17.8 Å². The Bertz CT molecular complexity index is 1910. The number of hydrogen-bond acceptors (Lipinski definition) is 4. The maximum atomic E-state index is 11.7. The van der Waals surface area contributed by atoms with E-state index in [1.165, 1.54) is 38.4 Å². The van der Waals surface area contributed by atoms with E-state index in [2.05, 4.69) is 114 Å². The molecular weight excluding hydrogens is 813 g/mol. The van der Waals surface area contributed by atoms with Crippen molar-refractivity contribution in [3.63, 3.8) is 0 Å². The third kappa shape index (κ3) is 9.93. The summed E-state index contributed by atoms with van der Waals surface area (Å²) >= 11 is 1.81. The van der Waals surface area contributed by atoms with Gasteiger partial charge in [-0.2, -0.15) is 0 Å². The number of aliphatic hydroxyl groups is 1. The van der Waals surface area contributed by atoms with Crippen LogP contribution < -0.4 is 4.57 Å². The summed E-state index contributed by atoms with van der Waals surface area (Å²) in [6.07, 6.45) is 9.97. The molecule has 50 heavy (non-hydrogen) atoms. The number of aromatic nitrogens is 2. The molecule has 1 N–H and O–H groups in total. The monoisotopic (exact) mass is 868 g/mol. The van der Waals surface area contributed by atoms with Gasteiger partial charge < -0.3 is 9.67 Å². The Morgan fingerprint density at radius 2 is 1.62 bits per heavy atom. The Balaban J connectivity index is 0.000000361. The van der Waals surface area contributed by atoms with E-state index in [-0.39, 0.29) is 48.9 Å². The van der Waals surface area contributed by atoms with Crippen molar-refractivity contribution in [2.75, 3.05) is 0 Å². The van der Waals surface area contributed by atoms with Crippen LogP contribution in [0.25, 0.3) is 43.4 Å². The molecule has 0 saturated heterocycles. The number of ketones is 1. The van der Waals surface area contributed by atoms with Crippen molar-refractivity contribution < 1.29 is 34.6 Å². The van der Waals surface area contributed by atoms with Crippen molar-refractivity contribution in [2.45, 2.75) is 99.8 Å². The van der Waals surface area contributed by atoms with Crippen LogP contribution in [0.4, 0.5) is 0 Å². The Labute approximate surface area is 318 Å². The van der Waals surface area contributed by atoms with Crippen LogP contribution in [-0.4, -0.2) is 15.9 Å². The second-order valence-corrected chi connectivity index (χ2v) is 15.7. The molecule has 0 atom stereocenters. The third-order valence-electron chi connectivity index (χ3n) is 9.38. The Kier molecular flexibility index (Phi) is 15.0. The molecule has 1 radical (unpaired) electrons. The molecule has 3 heterocycles. The molecule has 0 fully saturated rings. The summed E-state index contributed by atoms with van der Waals surface area (Å²) in [6.45, 7) is 19.4. The van der Waals surface area contributed by atoms with Crippen molar-refractivity contribution >= 4 is 38.1 Å². The van der Waals surface area contributed by atoms with Gasteiger partial charge in [0.15, 0.2) is 5.78 Å². The molecule has 0 amide bonds. The second kappa shape index (κ2) is 18.3. The number of fused-ring (bicyclic) bond motifs is 2. The van der Waals surface area contributed by atoms with Gasteiger partial charge in [-0.15, -0.1) is 40.5 Å². The first-order valence-corrected chi connectivity index (χ1v) is 18.8. The number of carbonyl (C=O) groups excluding carboxylic acids is 1. The minimum Gasteiger partial charge on any atom is -0.512 e. The molecule has 0 spiro atoms. The van der Waals surface area contributed by atoms with Gasteiger partial charge >= 0.3 is 0 Å². The molecular formula is C44H55IrN2O2S-. The molecule has 0 aliphatic carbocycles. The molecule has 0 unspecified atom stereocenters. The van der Waals surface area contributed by atoms with E-state index in [1.807, 2.05) is 49.8 Å². The fraction of sp³-hybridized carbons (Fsp3) is 0.409. The number of allylic oxidation sites excluding steroid dienone is 2. The standard InChI is InChI=1S/C31H31N2S.C13H24O2.Ir/c1-20(2)15-24-19-27-25(11-13-32-30(27)34-24)22-12-14-33(6)29(18-22)23-16-21-9-7-8-10-26(21)28(17-23)31(3,4)5;1-5-10(6-2)12(14)9-13(15)11(7-3)8-4;/h7-14,17-20H,6,15H2,1-5H3;9-11,14H,5-8H2,1-4H3;/q-1;;/b;12-9-;. The van der Waals surface area contributed by atoms with Crippen LogP contribution in [0.1, 0.15) is 98.4 Å². The number of carbonyl (C=O) groups is 1. The average molecular weight is 868 g/mol. The molecule has 269 valence electrons. The van der Waals surface area contributed by atoms with Gasteiger partial charge in [-0.3, -0.25) is 4.79 Å². The first-order valence-electron chi connectivity index (χ1n) is 18.0. The maximum absolute atomic E-state index is 11.7. The van der Waals surface area contributed by atoms with Crippen LogP contribution in [0.2, 0.25) is 0 Å². The van der Waals surface area contributed by atoms with Crippen LogP contribution in [0.3, 0.4) is 0 Å². The SMILES string of the molecule is CCC(CC)C(=O)/C=C(\O)C(CC)CC.[CH2-][n+]1ccc(-c2ccnc3sc(CC(C)C)cc23)cc1-c1[c-]c2ccccc2c(C(C)(C)C)c1.[Ir]. The molecule has 5 rings (SSSR count). The number of benzene rings is 2. The molecule has 5 aromatic rings. The zero-order valence-electron chi connectivity index (χ0n) is 31.4. The first kappa shape index (κ1) is 41.1. The summed E-state index contributed by atoms with van der Waals surface area (Å²) in [5.74, 6) is 1.18. The summed E-state index contributed by atoms with van der Waals surface area (Å²) in [5, 5.41) is 13.4. The van der Waals surface area contributed by atoms with Crippen LogP contribution in [-0.2, 0) is 36.7 Å². The largest absolute Gasteiger partial charge is 0.512 e. The van der Waals surface area contributed by atoms with E-state index in [4.69, 9.17) is 0 Å². The van der Waals surface area contributed by atoms with Gasteiger partial charge in [-0.1, -0.05) is 91.5 Å². The van der Waals surface area contributed by atoms with Crippen LogP contribution >= 0.6 is 11.3 Å². The summed E-state index contributed by atoms with van der Waals surface area (Å²) < 4.78 is 1.95. The molecule has 3 aromatic heterocycles. The topological polar surface area (TPSA) is 54.1 Å². The van der Waals surface area contributed by atoms with Crippen molar-refractivity contribution in [3.05, 3.63) is 102 Å². The number of rotatable bonds is 11. The number of aliphatic hydroxyl groups excluding tert-OH is 1. The summed E-state index contributed by atoms with van der Waals surface area (Å²) in [7, 11) is 4.29. The summed E-state index contributed by atoms with van der Waals surface area (Å²) in [6, 6.07) is 23.4. The Hall–Kier alpha value is -3.31. The summed E-state index contributed by atoms with van der Waals surface area (Å²) in [5.41, 5.74) is 5.86. The molecule has 6 heteroatoms. The quantitative estimate of drug-likeness (QED) is 0.0623. The molecule has 0 aliphatic heterocycles. The normalized spacial score (nSPS) is 12.0. The Morgan fingerprint density at radius 3 is 2.24 bits per heavy atom. The van der Waals surface area contributed by atoms with Crippen molar-refractivity contribution in [1.82, 2.24) is 4.98 Å². The van der Waals surface area contributed by atoms with E-state index in [0.29, 0.717) is 5.92 Å². The minimum atomic E-state index is 0. The van der Waals surface area contributed by atoms with E-state index >= 15 is 0 Å². The molecule has 0 bridgehead atoms. The number of thiophene rings is 1. The molecule has 2 aromatic carbocycles. The van der Waals surface area contributed by atoms with Gasteiger partial charge in [-0.05, 0) is 78.8 Å². The molecule has 0 aliphatic rings. The van der Waals surface area contributed by atoms with Crippen LogP contribution in [0.15, 0.2) is 78.8 Å². The van der Waals surface area contributed by atoms with Gasteiger partial charge in [0.1, 0.15) is 10.5 Å². The van der Waals surface area contributed by atoms with E-state index in [1.54, 1.807) is 0 Å². The maximum Gasteiger partial charge on any atom is 0.162 e. The zero-order valence-corrected chi connectivity index (χ0v) is 34.6. The average Bonchev–Trinajstić information content (AvgIpc) is 3.47. The van der Waals surface area contributed by atoms with Crippen LogP contribution in [0.5, 0.6) is 0 Å². The first-order chi connectivity index (χ1) is 23.3. The van der Waals surface area contributed by atoms with Gasteiger partial charge in [0, 0.05) is 61.5 Å². The van der Waals surface area contributed by atoms with E-state index in [9.17, 15) is 9.90 Å². The van der Waals surface area contributed by atoms with Gasteiger partial charge in [0.25, 0.3) is 0 Å². The Morgan fingerprint density at radius 1 is 0.960 bits per heavy atom. The number of nitrogens with zero attached hydrogens (tertiary/aromatic N) is 2.